The standard InChI is InChI=1S/C28H35N3O6/c1-17(16-29-25(33)36-27(2,3)4)18-9-11-19(12-10-18)20-13-14-22-21(15-20)23(24(32)35-8)30-31(22)26(34)37-28(5,6)7/h9-15,17H,16H2,1-8H3,(H,29,33). The molecule has 1 amide bonds. The van der Waals surface area contributed by atoms with E-state index in [1.165, 1.54) is 7.11 Å². The van der Waals surface area contributed by atoms with Gasteiger partial charge in [-0.05, 0) is 76.3 Å². The van der Waals surface area contributed by atoms with Crippen LogP contribution < -0.4 is 5.32 Å². The third-order valence-corrected chi connectivity index (χ3v) is 5.39. The van der Waals surface area contributed by atoms with Gasteiger partial charge < -0.3 is 19.5 Å². The van der Waals surface area contributed by atoms with Crippen LogP contribution in [0.15, 0.2) is 42.5 Å². The highest BCUT2D eigenvalue weighted by Crippen LogP contribution is 2.29. The van der Waals surface area contributed by atoms with Crippen molar-refractivity contribution in [3.05, 3.63) is 53.7 Å². The van der Waals surface area contributed by atoms with E-state index in [1.807, 2.05) is 58.0 Å². The number of rotatable bonds is 5. The highest BCUT2D eigenvalue weighted by molar-refractivity contribution is 6.05. The summed E-state index contributed by atoms with van der Waals surface area (Å²) in [6.07, 6.45) is -1.13. The van der Waals surface area contributed by atoms with Crippen LogP contribution in [0.2, 0.25) is 0 Å². The van der Waals surface area contributed by atoms with Crippen LogP contribution in [0.5, 0.6) is 0 Å². The maximum Gasteiger partial charge on any atom is 0.435 e. The van der Waals surface area contributed by atoms with Crippen LogP contribution in [0.25, 0.3) is 22.0 Å². The molecule has 37 heavy (non-hydrogen) atoms. The lowest BCUT2D eigenvalue weighted by atomic mass is 9.97. The first-order valence-corrected chi connectivity index (χ1v) is 12.1. The van der Waals surface area contributed by atoms with Gasteiger partial charge in [0.25, 0.3) is 0 Å². The van der Waals surface area contributed by atoms with Gasteiger partial charge in [0.15, 0.2) is 5.69 Å². The molecule has 3 rings (SSSR count). The van der Waals surface area contributed by atoms with Crippen LogP contribution in [0.4, 0.5) is 9.59 Å². The zero-order valence-electron chi connectivity index (χ0n) is 22.7. The summed E-state index contributed by atoms with van der Waals surface area (Å²) in [5.41, 5.74) is 2.01. The first-order valence-electron chi connectivity index (χ1n) is 12.1. The molecule has 1 heterocycles. The minimum absolute atomic E-state index is 0.0312. The monoisotopic (exact) mass is 509 g/mol. The molecule has 0 saturated carbocycles. The van der Waals surface area contributed by atoms with E-state index in [9.17, 15) is 14.4 Å². The largest absolute Gasteiger partial charge is 0.464 e. The Balaban J connectivity index is 1.85. The molecule has 0 aliphatic carbocycles. The lowest BCUT2D eigenvalue weighted by Crippen LogP contribution is -2.34. The zero-order valence-corrected chi connectivity index (χ0v) is 22.7. The topological polar surface area (TPSA) is 109 Å². The predicted molar refractivity (Wildman–Crippen MR) is 141 cm³/mol. The summed E-state index contributed by atoms with van der Waals surface area (Å²) >= 11 is 0. The Kier molecular flexibility index (Phi) is 7.95. The van der Waals surface area contributed by atoms with Crippen molar-refractivity contribution in [2.24, 2.45) is 0 Å². The van der Waals surface area contributed by atoms with Crippen molar-refractivity contribution in [2.45, 2.75) is 65.6 Å². The van der Waals surface area contributed by atoms with Gasteiger partial charge in [0.05, 0.1) is 12.6 Å². The number of ether oxygens (including phenoxy) is 3. The first-order chi connectivity index (χ1) is 17.2. The van der Waals surface area contributed by atoms with E-state index in [-0.39, 0.29) is 11.6 Å². The predicted octanol–water partition coefficient (Wildman–Crippen LogP) is 5.90. The van der Waals surface area contributed by atoms with E-state index < -0.39 is 29.4 Å². The van der Waals surface area contributed by atoms with E-state index >= 15 is 0 Å². The summed E-state index contributed by atoms with van der Waals surface area (Å²) in [6.45, 7) is 13.2. The van der Waals surface area contributed by atoms with Crippen molar-refractivity contribution in [2.75, 3.05) is 13.7 Å². The number of hydrogen-bond donors (Lipinski definition) is 1. The number of benzene rings is 2. The summed E-state index contributed by atoms with van der Waals surface area (Å²) in [5, 5.41) is 7.48. The quantitative estimate of drug-likeness (QED) is 0.337. The van der Waals surface area contributed by atoms with Gasteiger partial charge in [-0.25, -0.2) is 14.4 Å². The molecule has 0 saturated heterocycles. The van der Waals surface area contributed by atoms with Gasteiger partial charge in [-0.3, -0.25) is 0 Å². The summed E-state index contributed by atoms with van der Waals surface area (Å²) < 4.78 is 16.7. The van der Waals surface area contributed by atoms with E-state index in [1.54, 1.807) is 32.9 Å². The second-order valence-electron chi connectivity index (χ2n) is 10.9. The summed E-state index contributed by atoms with van der Waals surface area (Å²) in [6, 6.07) is 13.3. The average molecular weight is 510 g/mol. The van der Waals surface area contributed by atoms with Gasteiger partial charge in [0, 0.05) is 11.9 Å². The van der Waals surface area contributed by atoms with Crippen molar-refractivity contribution in [3.63, 3.8) is 0 Å². The number of alkyl carbamates (subject to hydrolysis) is 1. The Morgan fingerprint density at radius 3 is 2.08 bits per heavy atom. The molecule has 9 heteroatoms. The maximum absolute atomic E-state index is 12.7. The number of amides is 1. The fourth-order valence-electron chi connectivity index (χ4n) is 3.66. The Bertz CT molecular complexity index is 1300. The second kappa shape index (κ2) is 10.6. The minimum Gasteiger partial charge on any atom is -0.464 e. The molecular weight excluding hydrogens is 474 g/mol. The third kappa shape index (κ3) is 7.09. The molecule has 198 valence electrons. The fourth-order valence-corrected chi connectivity index (χ4v) is 3.66. The molecule has 0 bridgehead atoms. The van der Waals surface area contributed by atoms with E-state index in [4.69, 9.17) is 14.2 Å². The van der Waals surface area contributed by atoms with E-state index in [2.05, 4.69) is 10.4 Å². The number of fused-ring (bicyclic) bond motifs is 1. The number of hydrogen-bond acceptors (Lipinski definition) is 7. The van der Waals surface area contributed by atoms with E-state index in [0.29, 0.717) is 17.4 Å². The van der Waals surface area contributed by atoms with Crippen LogP contribution in [-0.2, 0) is 14.2 Å². The number of nitrogens with zero attached hydrogens (tertiary/aromatic N) is 2. The fraction of sp³-hybridized carbons (Fsp3) is 0.429. The molecule has 0 fully saturated rings. The number of carbonyl (C=O) groups is 3. The van der Waals surface area contributed by atoms with Crippen molar-refractivity contribution in [3.8, 4) is 11.1 Å². The normalized spacial score (nSPS) is 12.6. The maximum atomic E-state index is 12.7. The molecule has 1 N–H and O–H groups in total. The molecular formula is C28H35N3O6. The van der Waals surface area contributed by atoms with Gasteiger partial charge in [0.2, 0.25) is 0 Å². The zero-order chi connectivity index (χ0) is 27.5. The molecule has 1 unspecified atom stereocenters. The highest BCUT2D eigenvalue weighted by Gasteiger charge is 2.25. The van der Waals surface area contributed by atoms with Crippen LogP contribution in [0, 0.1) is 0 Å². The van der Waals surface area contributed by atoms with Crippen LogP contribution in [0.1, 0.15) is 70.4 Å². The lowest BCUT2D eigenvalue weighted by Gasteiger charge is -2.21. The third-order valence-electron chi connectivity index (χ3n) is 5.39. The molecule has 1 aromatic heterocycles. The van der Waals surface area contributed by atoms with E-state index in [0.717, 1.165) is 21.4 Å². The number of methoxy groups -OCH3 is 1. The van der Waals surface area contributed by atoms with Gasteiger partial charge >= 0.3 is 18.2 Å². The molecule has 9 nitrogen and oxygen atoms in total. The molecule has 3 aromatic rings. The summed E-state index contributed by atoms with van der Waals surface area (Å²) in [4.78, 5) is 37.1. The van der Waals surface area contributed by atoms with Gasteiger partial charge in [0.1, 0.15) is 11.2 Å². The van der Waals surface area contributed by atoms with Crippen LogP contribution >= 0.6 is 0 Å². The number of carbonyl (C=O) groups excluding carboxylic acids is 3. The molecule has 0 radical (unpaired) electrons. The molecule has 2 aromatic carbocycles. The number of nitrogens with one attached hydrogen (secondary N) is 1. The van der Waals surface area contributed by atoms with Crippen molar-refractivity contribution in [1.82, 2.24) is 15.1 Å². The van der Waals surface area contributed by atoms with Crippen LogP contribution in [0.3, 0.4) is 0 Å². The van der Waals surface area contributed by atoms with Crippen molar-refractivity contribution >= 4 is 29.1 Å². The minimum atomic E-state index is -0.720. The summed E-state index contributed by atoms with van der Waals surface area (Å²) in [5.74, 6) is -0.576. The SMILES string of the molecule is COC(=O)c1nn(C(=O)OC(C)(C)C)c2ccc(-c3ccc(C(C)CNC(=O)OC(C)(C)C)cc3)cc12. The number of esters is 1. The highest BCUT2D eigenvalue weighted by atomic mass is 16.6. The Morgan fingerprint density at radius 1 is 0.919 bits per heavy atom. The van der Waals surface area contributed by atoms with Gasteiger partial charge in [-0.15, -0.1) is 0 Å². The van der Waals surface area contributed by atoms with Gasteiger partial charge in [-0.1, -0.05) is 37.3 Å². The van der Waals surface area contributed by atoms with Crippen molar-refractivity contribution in [1.29, 1.82) is 0 Å². The Morgan fingerprint density at radius 2 is 1.51 bits per heavy atom. The molecule has 0 aliphatic heterocycles. The van der Waals surface area contributed by atoms with Crippen LogP contribution in [-0.4, -0.2) is 52.8 Å². The Hall–Kier alpha value is -3.88. The Labute approximate surface area is 217 Å². The number of aromatic nitrogens is 2. The van der Waals surface area contributed by atoms with Crippen molar-refractivity contribution < 1.29 is 28.6 Å². The second-order valence-corrected chi connectivity index (χ2v) is 10.9. The average Bonchev–Trinajstić information content (AvgIpc) is 3.19. The molecule has 1 atom stereocenters. The van der Waals surface area contributed by atoms with Gasteiger partial charge in [-0.2, -0.15) is 9.78 Å². The molecule has 0 aliphatic rings. The first kappa shape index (κ1) is 27.7. The summed E-state index contributed by atoms with van der Waals surface area (Å²) in [7, 11) is 1.27. The molecule has 0 spiro atoms. The smallest absolute Gasteiger partial charge is 0.435 e. The lowest BCUT2D eigenvalue weighted by molar-refractivity contribution is 0.0508.